The first-order valence-corrected chi connectivity index (χ1v) is 3.97. The second-order valence-electron chi connectivity index (χ2n) is 2.44. The minimum Gasteiger partial charge on any atom is -0.362 e. The molecule has 0 amide bonds. The first-order valence-electron chi connectivity index (χ1n) is 3.97. The van der Waals surface area contributed by atoms with Crippen molar-refractivity contribution >= 4 is 11.8 Å². The predicted molar refractivity (Wildman–Crippen MR) is 55.0 cm³/mol. The highest BCUT2D eigenvalue weighted by atomic mass is 14.8. The molecule has 0 bridgehead atoms. The summed E-state index contributed by atoms with van der Waals surface area (Å²) in [5.41, 5.74) is 2.21. The molecule has 0 saturated carbocycles. The van der Waals surface area contributed by atoms with Crippen LogP contribution in [0.3, 0.4) is 0 Å². The van der Waals surface area contributed by atoms with Crippen molar-refractivity contribution in [1.82, 2.24) is 0 Å². The Hall–Kier alpha value is -1.50. The molecule has 0 aliphatic rings. The fraction of sp³-hybridized carbons (Fsp3) is 0.0909. The van der Waals surface area contributed by atoms with Crippen molar-refractivity contribution in [2.75, 3.05) is 5.32 Å². The molecular weight excluding hydrogens is 146 g/mol. The Morgan fingerprint density at radius 1 is 1.33 bits per heavy atom. The standard InChI is InChI=1S/C11H13N/c1-3-9-12-11-8-6-5-7-10(11)4-2/h3-9,12H,2H2,1H3/b9-3+. The third-order valence-corrected chi connectivity index (χ3v) is 1.59. The molecule has 0 spiro atoms. The van der Waals surface area contributed by atoms with E-state index < -0.39 is 0 Å². The van der Waals surface area contributed by atoms with Gasteiger partial charge in [0.05, 0.1) is 0 Å². The number of para-hydroxylation sites is 1. The van der Waals surface area contributed by atoms with Gasteiger partial charge in [-0.2, -0.15) is 0 Å². The number of nitrogens with one attached hydrogen (secondary N) is 1. The van der Waals surface area contributed by atoms with Crippen LogP contribution in [0.2, 0.25) is 0 Å². The predicted octanol–water partition coefficient (Wildman–Crippen LogP) is 3.28. The molecule has 0 radical (unpaired) electrons. The number of rotatable bonds is 3. The quantitative estimate of drug-likeness (QED) is 0.713. The van der Waals surface area contributed by atoms with Gasteiger partial charge in [-0.3, -0.25) is 0 Å². The zero-order chi connectivity index (χ0) is 8.81. The molecular formula is C11H13N. The third kappa shape index (κ3) is 1.99. The summed E-state index contributed by atoms with van der Waals surface area (Å²) in [6.07, 6.45) is 5.70. The lowest BCUT2D eigenvalue weighted by molar-refractivity contribution is 1.54. The maximum Gasteiger partial charge on any atom is 0.0453 e. The molecule has 1 aromatic rings. The zero-order valence-electron chi connectivity index (χ0n) is 7.25. The van der Waals surface area contributed by atoms with Crippen molar-refractivity contribution in [2.45, 2.75) is 6.92 Å². The van der Waals surface area contributed by atoms with Gasteiger partial charge in [-0.25, -0.2) is 0 Å². The fourth-order valence-corrected chi connectivity index (χ4v) is 0.980. The van der Waals surface area contributed by atoms with Crippen LogP contribution < -0.4 is 5.32 Å². The molecule has 0 unspecified atom stereocenters. The highest BCUT2D eigenvalue weighted by Crippen LogP contribution is 2.15. The van der Waals surface area contributed by atoms with Gasteiger partial charge in [0.25, 0.3) is 0 Å². The Morgan fingerprint density at radius 2 is 2.08 bits per heavy atom. The van der Waals surface area contributed by atoms with Gasteiger partial charge < -0.3 is 5.32 Å². The Labute approximate surface area is 73.4 Å². The Balaban J connectivity index is 2.89. The second-order valence-corrected chi connectivity index (χ2v) is 2.44. The van der Waals surface area contributed by atoms with Crippen LogP contribution in [-0.4, -0.2) is 0 Å². The molecule has 1 aromatic carbocycles. The summed E-state index contributed by atoms with van der Waals surface area (Å²) < 4.78 is 0. The first-order chi connectivity index (χ1) is 5.88. The van der Waals surface area contributed by atoms with Crippen molar-refractivity contribution in [1.29, 1.82) is 0 Å². The molecule has 1 rings (SSSR count). The number of anilines is 1. The third-order valence-electron chi connectivity index (χ3n) is 1.59. The number of benzene rings is 1. The van der Waals surface area contributed by atoms with E-state index in [4.69, 9.17) is 0 Å². The van der Waals surface area contributed by atoms with E-state index in [-0.39, 0.29) is 0 Å². The van der Waals surface area contributed by atoms with E-state index in [9.17, 15) is 0 Å². The van der Waals surface area contributed by atoms with Gasteiger partial charge in [0, 0.05) is 5.69 Å². The molecule has 0 fully saturated rings. The summed E-state index contributed by atoms with van der Waals surface area (Å²) in [5, 5.41) is 3.16. The fourth-order valence-electron chi connectivity index (χ4n) is 0.980. The summed E-state index contributed by atoms with van der Waals surface area (Å²) in [5.74, 6) is 0. The van der Waals surface area contributed by atoms with E-state index in [0.717, 1.165) is 11.3 Å². The van der Waals surface area contributed by atoms with Gasteiger partial charge in [0.15, 0.2) is 0 Å². The second kappa shape index (κ2) is 4.39. The van der Waals surface area contributed by atoms with Crippen LogP contribution in [0.4, 0.5) is 5.69 Å². The SMILES string of the molecule is C=Cc1ccccc1N/C=C/C. The van der Waals surface area contributed by atoms with E-state index >= 15 is 0 Å². The van der Waals surface area contributed by atoms with Gasteiger partial charge >= 0.3 is 0 Å². The molecule has 0 aliphatic heterocycles. The first kappa shape index (κ1) is 8.60. The summed E-state index contributed by atoms with van der Waals surface area (Å²) in [4.78, 5) is 0. The van der Waals surface area contributed by atoms with Crippen molar-refractivity contribution in [3.8, 4) is 0 Å². The average Bonchev–Trinajstić information content (AvgIpc) is 2.15. The van der Waals surface area contributed by atoms with Crippen LogP contribution in [-0.2, 0) is 0 Å². The van der Waals surface area contributed by atoms with E-state index in [1.165, 1.54) is 0 Å². The maximum absolute atomic E-state index is 3.74. The highest BCUT2D eigenvalue weighted by Gasteiger charge is 1.92. The number of allylic oxidation sites excluding steroid dienone is 1. The van der Waals surface area contributed by atoms with Crippen LogP contribution in [0.5, 0.6) is 0 Å². The van der Waals surface area contributed by atoms with Crippen LogP contribution in [0.1, 0.15) is 12.5 Å². The molecule has 0 aromatic heterocycles. The molecule has 0 heterocycles. The molecule has 1 N–H and O–H groups in total. The van der Waals surface area contributed by atoms with Gasteiger partial charge in [-0.05, 0) is 24.8 Å². The molecule has 0 atom stereocenters. The Morgan fingerprint density at radius 3 is 2.75 bits per heavy atom. The van der Waals surface area contributed by atoms with Crippen LogP contribution in [0.25, 0.3) is 6.08 Å². The van der Waals surface area contributed by atoms with Gasteiger partial charge in [0.1, 0.15) is 0 Å². The topological polar surface area (TPSA) is 12.0 Å². The Bertz CT molecular complexity index is 287. The lowest BCUT2D eigenvalue weighted by Gasteiger charge is -2.03. The average molecular weight is 159 g/mol. The molecule has 0 aliphatic carbocycles. The zero-order valence-corrected chi connectivity index (χ0v) is 7.25. The van der Waals surface area contributed by atoms with E-state index in [0.29, 0.717) is 0 Å². The van der Waals surface area contributed by atoms with E-state index in [1.807, 2.05) is 49.5 Å². The molecule has 62 valence electrons. The molecule has 1 heteroatoms. The van der Waals surface area contributed by atoms with Gasteiger partial charge in [-0.15, -0.1) is 0 Å². The van der Waals surface area contributed by atoms with Crippen LogP contribution in [0.15, 0.2) is 43.1 Å². The lowest BCUT2D eigenvalue weighted by atomic mass is 10.2. The summed E-state index contributed by atoms with van der Waals surface area (Å²) in [6.45, 7) is 5.71. The summed E-state index contributed by atoms with van der Waals surface area (Å²) in [7, 11) is 0. The number of hydrogen-bond acceptors (Lipinski definition) is 1. The lowest BCUT2D eigenvalue weighted by Crippen LogP contribution is -1.89. The summed E-state index contributed by atoms with van der Waals surface area (Å²) >= 11 is 0. The minimum absolute atomic E-state index is 1.09. The van der Waals surface area contributed by atoms with Crippen LogP contribution in [0, 0.1) is 0 Å². The van der Waals surface area contributed by atoms with Crippen molar-refractivity contribution < 1.29 is 0 Å². The maximum atomic E-state index is 3.74. The van der Waals surface area contributed by atoms with Gasteiger partial charge in [-0.1, -0.05) is 36.9 Å². The van der Waals surface area contributed by atoms with Crippen LogP contribution >= 0.6 is 0 Å². The highest BCUT2D eigenvalue weighted by molar-refractivity contribution is 5.66. The van der Waals surface area contributed by atoms with Crippen molar-refractivity contribution in [2.24, 2.45) is 0 Å². The molecule has 0 saturated heterocycles. The Kier molecular flexibility index (Phi) is 3.15. The minimum atomic E-state index is 1.09. The number of hydrogen-bond donors (Lipinski definition) is 1. The monoisotopic (exact) mass is 159 g/mol. The largest absolute Gasteiger partial charge is 0.362 e. The van der Waals surface area contributed by atoms with Crippen molar-refractivity contribution in [3.05, 3.63) is 48.7 Å². The normalized spacial score (nSPS) is 10.1. The molecule has 12 heavy (non-hydrogen) atoms. The summed E-state index contributed by atoms with van der Waals surface area (Å²) in [6, 6.07) is 8.05. The van der Waals surface area contributed by atoms with E-state index in [1.54, 1.807) is 0 Å². The van der Waals surface area contributed by atoms with E-state index in [2.05, 4.69) is 11.9 Å². The van der Waals surface area contributed by atoms with Gasteiger partial charge in [0.2, 0.25) is 0 Å². The smallest absolute Gasteiger partial charge is 0.0453 e. The van der Waals surface area contributed by atoms with Crippen molar-refractivity contribution in [3.63, 3.8) is 0 Å². The molecule has 1 nitrogen and oxygen atoms in total.